The molecule has 2 heterocycles. The van der Waals surface area contributed by atoms with Crippen molar-refractivity contribution < 1.29 is 18.7 Å². The van der Waals surface area contributed by atoms with Gasteiger partial charge in [0.2, 0.25) is 0 Å². The average molecular weight is 591 g/mol. The Hall–Kier alpha value is -3.55. The van der Waals surface area contributed by atoms with Crippen LogP contribution < -0.4 is 14.8 Å². The van der Waals surface area contributed by atoms with Crippen molar-refractivity contribution >= 4 is 40.1 Å². The molecule has 1 aliphatic carbocycles. The van der Waals surface area contributed by atoms with E-state index in [-0.39, 0.29) is 11.3 Å². The maximum absolute atomic E-state index is 13.5. The fourth-order valence-corrected chi connectivity index (χ4v) is 6.46. The Balaban J connectivity index is 1.38. The van der Waals surface area contributed by atoms with Gasteiger partial charge in [-0.1, -0.05) is 44.5 Å². The number of nitrogens with zero attached hydrogens (tertiary/aromatic N) is 1. The molecule has 1 aliphatic rings. The average Bonchev–Trinajstić information content (AvgIpc) is 3.61. The Bertz CT molecular complexity index is 1520. The fraction of sp³-hybridized carbons (Fsp3) is 0.333. The first-order valence-corrected chi connectivity index (χ1v) is 14.9. The van der Waals surface area contributed by atoms with Crippen molar-refractivity contribution in [2.45, 2.75) is 53.2 Å². The lowest BCUT2D eigenvalue weighted by Crippen LogP contribution is -2.28. The van der Waals surface area contributed by atoms with Gasteiger partial charge < -0.3 is 19.2 Å². The maximum Gasteiger partial charge on any atom is 0.255 e. The molecule has 4 aromatic rings. The molecule has 0 saturated carbocycles. The van der Waals surface area contributed by atoms with E-state index in [1.54, 1.807) is 30.9 Å². The van der Waals surface area contributed by atoms with Gasteiger partial charge in [-0.25, -0.2) is 4.99 Å². The molecule has 0 radical (unpaired) electrons. The molecule has 5 rings (SSSR count). The number of carbonyl (C=O) groups is 1. The molecular formula is C33H35ClN2O4S. The van der Waals surface area contributed by atoms with E-state index in [9.17, 15) is 4.79 Å². The highest BCUT2D eigenvalue weighted by Crippen LogP contribution is 2.45. The second-order valence-corrected chi connectivity index (χ2v) is 12.9. The van der Waals surface area contributed by atoms with Crippen molar-refractivity contribution in [1.29, 1.82) is 0 Å². The summed E-state index contributed by atoms with van der Waals surface area (Å²) in [7, 11) is 1.62. The van der Waals surface area contributed by atoms with Crippen LogP contribution in [-0.2, 0) is 26.0 Å². The van der Waals surface area contributed by atoms with Crippen molar-refractivity contribution in [2.75, 3.05) is 7.11 Å². The normalized spacial score (nSPS) is 15.1. The number of nitrogens with one attached hydrogen (secondary N) is 1. The third kappa shape index (κ3) is 7.03. The zero-order valence-electron chi connectivity index (χ0n) is 23.8. The molecule has 0 aliphatic heterocycles. The molecule has 6 nitrogen and oxygen atoms in total. The van der Waals surface area contributed by atoms with Crippen molar-refractivity contribution in [1.82, 2.24) is 5.32 Å². The summed E-state index contributed by atoms with van der Waals surface area (Å²) in [6.45, 7) is 7.61. The zero-order valence-corrected chi connectivity index (χ0v) is 25.4. The molecule has 1 amide bonds. The molecule has 214 valence electrons. The Labute approximate surface area is 250 Å². The van der Waals surface area contributed by atoms with Crippen LogP contribution >= 0.6 is 22.9 Å². The number of hydrogen-bond donors (Lipinski definition) is 1. The van der Waals surface area contributed by atoms with Crippen molar-refractivity contribution in [3.05, 3.63) is 98.8 Å². The predicted octanol–water partition coefficient (Wildman–Crippen LogP) is 8.41. The number of rotatable bonds is 9. The molecule has 2 aromatic heterocycles. The van der Waals surface area contributed by atoms with Crippen molar-refractivity contribution in [2.24, 2.45) is 16.3 Å². The number of halogens is 1. The van der Waals surface area contributed by atoms with E-state index in [1.807, 2.05) is 54.6 Å². The van der Waals surface area contributed by atoms with Gasteiger partial charge in [0.25, 0.3) is 5.91 Å². The summed E-state index contributed by atoms with van der Waals surface area (Å²) < 4.78 is 17.0. The van der Waals surface area contributed by atoms with Crippen LogP contribution in [0.1, 0.15) is 64.9 Å². The smallest absolute Gasteiger partial charge is 0.255 e. The van der Waals surface area contributed by atoms with Gasteiger partial charge in [-0.15, -0.1) is 11.3 Å². The van der Waals surface area contributed by atoms with Crippen LogP contribution in [0.25, 0.3) is 0 Å². The Kier molecular flexibility index (Phi) is 8.85. The third-order valence-electron chi connectivity index (χ3n) is 7.53. The zero-order chi connectivity index (χ0) is 29.0. The molecule has 1 atom stereocenters. The number of methoxy groups -OCH3 is 1. The second kappa shape index (κ2) is 12.5. The molecule has 1 N–H and O–H groups in total. The molecule has 0 fully saturated rings. The number of fused-ring (bicyclic) bond motifs is 1. The Morgan fingerprint density at radius 1 is 1.17 bits per heavy atom. The monoisotopic (exact) mass is 590 g/mol. The number of hydrogen-bond acceptors (Lipinski definition) is 6. The van der Waals surface area contributed by atoms with Gasteiger partial charge >= 0.3 is 0 Å². The van der Waals surface area contributed by atoms with Crippen LogP contribution in [-0.4, -0.2) is 19.2 Å². The van der Waals surface area contributed by atoms with E-state index in [4.69, 9.17) is 30.5 Å². The minimum atomic E-state index is -0.121. The Morgan fingerprint density at radius 2 is 1.98 bits per heavy atom. The van der Waals surface area contributed by atoms with Gasteiger partial charge in [0, 0.05) is 16.1 Å². The van der Waals surface area contributed by atoms with E-state index in [0.717, 1.165) is 41.0 Å². The fourth-order valence-electron chi connectivity index (χ4n) is 5.06. The largest absolute Gasteiger partial charge is 0.493 e. The molecule has 0 unspecified atom stereocenters. The van der Waals surface area contributed by atoms with Gasteiger partial charge in [0.05, 0.1) is 25.5 Å². The first kappa shape index (κ1) is 29.0. The summed E-state index contributed by atoms with van der Waals surface area (Å²) in [4.78, 5) is 19.6. The summed E-state index contributed by atoms with van der Waals surface area (Å²) in [5, 5.41) is 4.44. The first-order valence-electron chi connectivity index (χ1n) is 13.8. The molecule has 0 bridgehead atoms. The number of aliphatic imine (C=N–C) groups is 1. The molecular weight excluding hydrogens is 556 g/mol. The Morgan fingerprint density at radius 3 is 2.68 bits per heavy atom. The van der Waals surface area contributed by atoms with Crippen LogP contribution in [0.2, 0.25) is 5.02 Å². The van der Waals surface area contributed by atoms with Gasteiger partial charge in [-0.3, -0.25) is 4.79 Å². The number of ether oxygens (including phenoxy) is 2. The summed E-state index contributed by atoms with van der Waals surface area (Å²) in [5.41, 5.74) is 3.87. The summed E-state index contributed by atoms with van der Waals surface area (Å²) in [6, 6.07) is 16.9. The lowest BCUT2D eigenvalue weighted by Gasteiger charge is -2.33. The maximum atomic E-state index is 13.5. The van der Waals surface area contributed by atoms with Gasteiger partial charge in [0.1, 0.15) is 17.4 Å². The van der Waals surface area contributed by atoms with Crippen molar-refractivity contribution in [3.63, 3.8) is 0 Å². The van der Waals surface area contributed by atoms with E-state index < -0.39 is 0 Å². The number of benzene rings is 2. The minimum Gasteiger partial charge on any atom is -0.493 e. The van der Waals surface area contributed by atoms with E-state index >= 15 is 0 Å². The van der Waals surface area contributed by atoms with Crippen LogP contribution in [0.4, 0.5) is 5.00 Å². The molecule has 2 aromatic carbocycles. The van der Waals surface area contributed by atoms with Gasteiger partial charge in [0.15, 0.2) is 11.5 Å². The lowest BCUT2D eigenvalue weighted by atomic mass is 9.72. The van der Waals surface area contributed by atoms with Crippen molar-refractivity contribution in [3.8, 4) is 11.5 Å². The van der Waals surface area contributed by atoms with Crippen LogP contribution in [0.5, 0.6) is 11.5 Å². The van der Waals surface area contributed by atoms with Gasteiger partial charge in [-0.05, 0) is 89.8 Å². The predicted molar refractivity (Wildman–Crippen MR) is 165 cm³/mol. The highest BCUT2D eigenvalue weighted by atomic mass is 35.5. The summed E-state index contributed by atoms with van der Waals surface area (Å²) >= 11 is 7.61. The number of amides is 1. The quantitative estimate of drug-likeness (QED) is 0.199. The highest BCUT2D eigenvalue weighted by Gasteiger charge is 2.33. The van der Waals surface area contributed by atoms with Crippen LogP contribution in [0.15, 0.2) is 70.3 Å². The molecule has 8 heteroatoms. The SMILES string of the molecule is COc1cc(C=Nc2sc3c(c2C(=O)NCc2ccco2)CC[C@H](C(C)(C)C)C3)ccc1OCc1ccc(Cl)cc1. The number of thiophene rings is 1. The van der Waals surface area contributed by atoms with E-state index in [1.165, 1.54) is 4.88 Å². The molecule has 41 heavy (non-hydrogen) atoms. The number of furan rings is 1. The van der Waals surface area contributed by atoms with Gasteiger partial charge in [-0.2, -0.15) is 0 Å². The standard InChI is InChI=1S/C33H35ClN2O4S/c1-33(2,3)23-10-13-26-29(17-23)41-32(30(26)31(37)35-19-25-6-5-15-39-25)36-18-22-9-14-27(28(16-22)38-4)40-20-21-7-11-24(34)12-8-21/h5-9,11-12,14-16,18,23H,10,13,17,19-20H2,1-4H3,(H,35,37)/t23-/m0/s1. The van der Waals surface area contributed by atoms with Crippen LogP contribution in [0.3, 0.4) is 0 Å². The highest BCUT2D eigenvalue weighted by molar-refractivity contribution is 7.16. The molecule has 0 saturated heterocycles. The summed E-state index contributed by atoms with van der Waals surface area (Å²) in [6.07, 6.45) is 6.29. The van der Waals surface area contributed by atoms with E-state index in [0.29, 0.717) is 46.9 Å². The van der Waals surface area contributed by atoms with E-state index in [2.05, 4.69) is 26.1 Å². The number of carbonyl (C=O) groups excluding carboxylic acids is 1. The lowest BCUT2D eigenvalue weighted by molar-refractivity contribution is 0.0947. The second-order valence-electron chi connectivity index (χ2n) is 11.3. The third-order valence-corrected chi connectivity index (χ3v) is 8.94. The first-order chi connectivity index (χ1) is 19.7. The summed E-state index contributed by atoms with van der Waals surface area (Å²) in [5.74, 6) is 2.40. The topological polar surface area (TPSA) is 73.1 Å². The minimum absolute atomic E-state index is 0.121. The van der Waals surface area contributed by atoms with Crippen LogP contribution in [0, 0.1) is 11.3 Å². The molecule has 0 spiro atoms.